The summed E-state index contributed by atoms with van der Waals surface area (Å²) < 4.78 is 116. The summed E-state index contributed by atoms with van der Waals surface area (Å²) in [6, 6.07) is -0.276. The lowest BCUT2D eigenvalue weighted by Gasteiger charge is -2.20. The fourth-order valence-corrected chi connectivity index (χ4v) is 2.66. The minimum absolute atomic E-state index is 0.138. The molecule has 0 heterocycles. The highest BCUT2D eigenvalue weighted by Crippen LogP contribution is 2.30. The van der Waals surface area contributed by atoms with Gasteiger partial charge in [-0.25, -0.2) is 17.6 Å². The van der Waals surface area contributed by atoms with Crippen LogP contribution in [0.1, 0.15) is 32.6 Å². The van der Waals surface area contributed by atoms with Crippen molar-refractivity contribution < 1.29 is 59.1 Å². The molecule has 0 aliphatic heterocycles. The highest BCUT2D eigenvalue weighted by Gasteiger charge is 2.39. The minimum Gasteiger partial charge on any atom is -0.420 e. The van der Waals surface area contributed by atoms with Gasteiger partial charge in [0.25, 0.3) is 0 Å². The maximum absolute atomic E-state index is 13.6. The van der Waals surface area contributed by atoms with Gasteiger partial charge in [0, 0.05) is 36.8 Å². The van der Waals surface area contributed by atoms with E-state index < -0.39 is 106 Å². The molecule has 0 N–H and O–H groups in total. The number of esters is 2. The van der Waals surface area contributed by atoms with Crippen LogP contribution in [0.4, 0.5) is 35.1 Å². The number of nitro groups is 1. The van der Waals surface area contributed by atoms with E-state index in [1.807, 2.05) is 0 Å². The average molecular weight is 515 g/mol. The SMILES string of the molecule is CC(CCC(=O)Oc1c(F)c(F)cc(F)c1F)(CCC(=O)Oc1c(F)c(F)cc(F)c1F)[N+](=O)[O-]. The Morgan fingerprint density at radius 1 is 0.743 bits per heavy atom. The van der Waals surface area contributed by atoms with Gasteiger partial charge in [0.05, 0.1) is 12.8 Å². The minimum atomic E-state index is -2.13. The summed E-state index contributed by atoms with van der Waals surface area (Å²) in [6.07, 6.45) is -3.35. The van der Waals surface area contributed by atoms with Crippen molar-refractivity contribution in [3.05, 3.63) is 68.8 Å². The molecule has 2 rings (SSSR count). The molecule has 0 atom stereocenters. The Bertz CT molecular complexity index is 1060. The third-order valence-corrected chi connectivity index (χ3v) is 4.75. The molecule has 0 saturated heterocycles. The van der Waals surface area contributed by atoms with E-state index in [-0.39, 0.29) is 12.1 Å². The molecule has 0 aliphatic rings. The van der Waals surface area contributed by atoms with Gasteiger partial charge in [-0.05, 0) is 0 Å². The topological polar surface area (TPSA) is 95.7 Å². The molecular formula is C20H13F8NO6. The van der Waals surface area contributed by atoms with E-state index in [1.165, 1.54) is 0 Å². The van der Waals surface area contributed by atoms with Crippen molar-refractivity contribution in [3.63, 3.8) is 0 Å². The van der Waals surface area contributed by atoms with Crippen molar-refractivity contribution in [3.8, 4) is 11.5 Å². The van der Waals surface area contributed by atoms with Gasteiger partial charge < -0.3 is 9.47 Å². The molecule has 0 bridgehead atoms. The molecule has 0 spiro atoms. The predicted octanol–water partition coefficient (Wildman–Crippen LogP) is 4.91. The summed E-state index contributed by atoms with van der Waals surface area (Å²) in [5.41, 5.74) is -2.13. The number of hydrogen-bond donors (Lipinski definition) is 0. The van der Waals surface area contributed by atoms with Crippen LogP contribution in [0.15, 0.2) is 12.1 Å². The number of benzene rings is 2. The summed E-state index contributed by atoms with van der Waals surface area (Å²) in [5, 5.41) is 11.4. The maximum atomic E-state index is 13.6. The highest BCUT2D eigenvalue weighted by atomic mass is 19.2. The Hall–Kier alpha value is -3.78. The van der Waals surface area contributed by atoms with E-state index in [0.29, 0.717) is 0 Å². The van der Waals surface area contributed by atoms with Gasteiger partial charge >= 0.3 is 11.9 Å². The molecule has 2 aromatic carbocycles. The van der Waals surface area contributed by atoms with Crippen LogP contribution in [0.2, 0.25) is 0 Å². The van der Waals surface area contributed by atoms with Crippen LogP contribution >= 0.6 is 0 Å². The lowest BCUT2D eigenvalue weighted by molar-refractivity contribution is -0.567. The van der Waals surface area contributed by atoms with Crippen molar-refractivity contribution in [2.24, 2.45) is 0 Å². The molecule has 0 unspecified atom stereocenters. The highest BCUT2D eigenvalue weighted by molar-refractivity contribution is 5.73. The van der Waals surface area contributed by atoms with E-state index in [4.69, 9.17) is 0 Å². The number of carbonyl (C=O) groups is 2. The standard InChI is InChI=1S/C20H13F8NO6/c1-20(29(32)33,4-2-12(30)34-18-14(25)8(21)6-9(22)15(18)26)5-3-13(31)35-19-16(27)10(23)7-11(24)17(19)28/h6-7H,2-5H2,1H3. The number of hydrogen-bond acceptors (Lipinski definition) is 6. The molecule has 0 fully saturated rings. The number of rotatable bonds is 9. The second-order valence-corrected chi connectivity index (χ2v) is 7.30. The number of halogens is 8. The third-order valence-electron chi connectivity index (χ3n) is 4.75. The van der Waals surface area contributed by atoms with Gasteiger partial charge in [0.15, 0.2) is 23.3 Å². The van der Waals surface area contributed by atoms with Gasteiger partial charge in [0.1, 0.15) is 0 Å². The third kappa shape index (κ3) is 6.22. The molecule has 15 heteroatoms. The largest absolute Gasteiger partial charge is 0.420 e. The van der Waals surface area contributed by atoms with Gasteiger partial charge in [-0.2, -0.15) is 17.6 Å². The number of carbonyl (C=O) groups excluding carboxylic acids is 2. The van der Waals surface area contributed by atoms with Crippen LogP contribution in [-0.2, 0) is 9.59 Å². The molecule has 2 aromatic rings. The van der Waals surface area contributed by atoms with Gasteiger partial charge in [0.2, 0.25) is 40.3 Å². The van der Waals surface area contributed by atoms with Gasteiger partial charge in [-0.3, -0.25) is 19.7 Å². The molecule has 0 aliphatic carbocycles. The van der Waals surface area contributed by atoms with E-state index in [1.54, 1.807) is 0 Å². The van der Waals surface area contributed by atoms with Crippen LogP contribution < -0.4 is 9.47 Å². The fraction of sp³-hybridized carbons (Fsp3) is 0.300. The van der Waals surface area contributed by atoms with Crippen LogP contribution in [0.3, 0.4) is 0 Å². The summed E-state index contributed by atoms with van der Waals surface area (Å²) >= 11 is 0. The Kier molecular flexibility index (Phi) is 8.36. The predicted molar refractivity (Wildman–Crippen MR) is 97.7 cm³/mol. The first-order chi connectivity index (χ1) is 16.2. The Balaban J connectivity index is 2.05. The average Bonchev–Trinajstić information content (AvgIpc) is 2.79. The maximum Gasteiger partial charge on any atom is 0.311 e. The lowest BCUT2D eigenvalue weighted by atomic mass is 9.91. The Morgan fingerprint density at radius 3 is 1.29 bits per heavy atom. The van der Waals surface area contributed by atoms with Crippen molar-refractivity contribution in [1.29, 1.82) is 0 Å². The van der Waals surface area contributed by atoms with Crippen molar-refractivity contribution in [1.82, 2.24) is 0 Å². The van der Waals surface area contributed by atoms with Crippen molar-refractivity contribution in [2.45, 2.75) is 38.1 Å². The summed E-state index contributed by atoms with van der Waals surface area (Å²) in [7, 11) is 0. The Labute approximate surface area is 190 Å². The van der Waals surface area contributed by atoms with Crippen molar-refractivity contribution >= 4 is 11.9 Å². The zero-order chi connectivity index (χ0) is 26.7. The summed E-state index contributed by atoms with van der Waals surface area (Å²) in [4.78, 5) is 34.2. The smallest absolute Gasteiger partial charge is 0.311 e. The Morgan fingerprint density at radius 2 is 1.03 bits per heavy atom. The molecule has 0 radical (unpaired) electrons. The molecule has 190 valence electrons. The molecular weight excluding hydrogens is 502 g/mol. The van der Waals surface area contributed by atoms with Crippen LogP contribution in [0.25, 0.3) is 0 Å². The van der Waals surface area contributed by atoms with Crippen LogP contribution in [0.5, 0.6) is 11.5 Å². The first-order valence-corrected chi connectivity index (χ1v) is 9.39. The zero-order valence-electron chi connectivity index (χ0n) is 17.4. The van der Waals surface area contributed by atoms with Crippen molar-refractivity contribution in [2.75, 3.05) is 0 Å². The normalized spacial score (nSPS) is 11.3. The number of nitrogens with zero attached hydrogens (tertiary/aromatic N) is 1. The quantitative estimate of drug-likeness (QED) is 0.118. The van der Waals surface area contributed by atoms with Gasteiger partial charge in [-0.15, -0.1) is 0 Å². The van der Waals surface area contributed by atoms with E-state index in [9.17, 15) is 54.8 Å². The monoisotopic (exact) mass is 515 g/mol. The summed E-state index contributed by atoms with van der Waals surface area (Å²) in [6.45, 7) is 0.916. The molecule has 7 nitrogen and oxygen atoms in total. The molecule has 0 amide bonds. The zero-order valence-corrected chi connectivity index (χ0v) is 17.4. The molecule has 0 saturated carbocycles. The van der Waals surface area contributed by atoms with Crippen LogP contribution in [0, 0.1) is 56.7 Å². The molecule has 35 heavy (non-hydrogen) atoms. The van der Waals surface area contributed by atoms with E-state index in [2.05, 4.69) is 9.47 Å². The fourth-order valence-electron chi connectivity index (χ4n) is 2.66. The number of ether oxygens (including phenoxy) is 2. The molecule has 0 aromatic heterocycles. The second kappa shape index (κ2) is 10.7. The lowest BCUT2D eigenvalue weighted by Crippen LogP contribution is -2.36. The van der Waals surface area contributed by atoms with E-state index >= 15 is 0 Å². The first kappa shape index (κ1) is 27.5. The first-order valence-electron chi connectivity index (χ1n) is 9.39. The van der Waals surface area contributed by atoms with E-state index in [0.717, 1.165) is 6.92 Å². The second-order valence-electron chi connectivity index (χ2n) is 7.30. The van der Waals surface area contributed by atoms with Crippen LogP contribution in [-0.4, -0.2) is 22.4 Å². The summed E-state index contributed by atoms with van der Waals surface area (Å²) in [5.74, 6) is -22.0. The van der Waals surface area contributed by atoms with Gasteiger partial charge in [-0.1, -0.05) is 0 Å².